The molecular formula is C64H36N4. The van der Waals surface area contributed by atoms with Crippen LogP contribution in [0.5, 0.6) is 0 Å². The van der Waals surface area contributed by atoms with Crippen LogP contribution in [0.4, 0.5) is 0 Å². The zero-order valence-electron chi connectivity index (χ0n) is 36.6. The molecule has 0 aliphatic carbocycles. The van der Waals surface area contributed by atoms with E-state index in [0.29, 0.717) is 5.95 Å². The van der Waals surface area contributed by atoms with Crippen molar-refractivity contribution in [2.24, 2.45) is 0 Å². The van der Waals surface area contributed by atoms with Crippen LogP contribution >= 0.6 is 0 Å². The fraction of sp³-hybridized carbons (Fsp3) is 0. The maximum absolute atomic E-state index is 5.61. The van der Waals surface area contributed by atoms with Gasteiger partial charge in [-0.2, -0.15) is 0 Å². The molecule has 13 aromatic carbocycles. The maximum Gasteiger partial charge on any atom is 0.235 e. The molecule has 0 aliphatic rings. The molecule has 16 rings (SSSR count). The van der Waals surface area contributed by atoms with Crippen LogP contribution in [0.25, 0.3) is 153 Å². The Balaban J connectivity index is 1.04. The molecule has 4 heteroatoms. The van der Waals surface area contributed by atoms with E-state index in [9.17, 15) is 0 Å². The number of nitrogens with zero attached hydrogens (tertiary/aromatic N) is 4. The van der Waals surface area contributed by atoms with E-state index in [-0.39, 0.29) is 0 Å². The summed E-state index contributed by atoms with van der Waals surface area (Å²) < 4.78 is 4.82. The minimum atomic E-state index is 0.652. The molecule has 0 N–H and O–H groups in total. The first-order valence-corrected chi connectivity index (χ1v) is 23.4. The van der Waals surface area contributed by atoms with Gasteiger partial charge in [-0.3, -0.25) is 4.57 Å². The molecule has 312 valence electrons. The van der Waals surface area contributed by atoms with E-state index in [2.05, 4.69) is 228 Å². The Bertz CT molecular complexity index is 4860. The summed E-state index contributed by atoms with van der Waals surface area (Å²) in [4.78, 5) is 11.0. The van der Waals surface area contributed by atoms with Gasteiger partial charge in [0.1, 0.15) is 0 Å². The maximum atomic E-state index is 5.61. The molecule has 3 heterocycles. The highest BCUT2D eigenvalue weighted by Crippen LogP contribution is 2.49. The van der Waals surface area contributed by atoms with Gasteiger partial charge in [-0.1, -0.05) is 176 Å². The minimum absolute atomic E-state index is 0.652. The van der Waals surface area contributed by atoms with Gasteiger partial charge in [0.25, 0.3) is 0 Å². The molecule has 0 radical (unpaired) electrons. The zero-order chi connectivity index (χ0) is 44.2. The second-order valence-electron chi connectivity index (χ2n) is 18.4. The van der Waals surface area contributed by atoms with Gasteiger partial charge in [-0.05, 0) is 112 Å². The van der Waals surface area contributed by atoms with Crippen LogP contribution in [-0.2, 0) is 0 Å². The van der Waals surface area contributed by atoms with Gasteiger partial charge in [0, 0.05) is 37.9 Å². The van der Waals surface area contributed by atoms with E-state index < -0.39 is 0 Å². The van der Waals surface area contributed by atoms with Gasteiger partial charge in [0.2, 0.25) is 5.95 Å². The summed E-state index contributed by atoms with van der Waals surface area (Å²) in [5, 5.41) is 23.3. The molecule has 0 aliphatic heterocycles. The standard InChI is InChI=1S/C64H36N4/c1-3-17-41-38(15-1)30-31-39-34-40(32-33-42(39)41)63-46-19-5-8-26-53(46)65-64(66-63)68-56-28-10-7-21-48(56)62-50-25-13-23-45-44-22-12-24-49-59(44)51(52(60(45)50)36-58(62)68)35-57-61(49)47-20-6-9-27-55(47)67(57)54-29-11-16-37-14-2-4-18-43(37)54/h1-36H. The fourth-order valence-corrected chi connectivity index (χ4v) is 12.2. The summed E-state index contributed by atoms with van der Waals surface area (Å²) in [5.74, 6) is 0.652. The highest BCUT2D eigenvalue weighted by atomic mass is 15.2. The Labute approximate surface area is 388 Å². The lowest BCUT2D eigenvalue weighted by atomic mass is 9.87. The fourth-order valence-electron chi connectivity index (χ4n) is 12.2. The van der Waals surface area contributed by atoms with Crippen molar-refractivity contribution in [3.63, 3.8) is 0 Å². The SMILES string of the molecule is c1ccc2c(-n3c4ccccc4c4c5cccc6c7cccc8c7c(cc7c8c8ccccc8n7-c7nc(-c8ccc9c(ccc%10ccccc%109)c8)c8ccccc8n7)c(cc43)c65)cccc2c1. The van der Waals surface area contributed by atoms with E-state index in [4.69, 9.17) is 9.97 Å². The average Bonchev–Trinajstić information content (AvgIpc) is 3.92. The molecular weight excluding hydrogens is 825 g/mol. The molecule has 4 nitrogen and oxygen atoms in total. The topological polar surface area (TPSA) is 35.6 Å². The van der Waals surface area contributed by atoms with E-state index in [1.807, 2.05) is 0 Å². The third-order valence-electron chi connectivity index (χ3n) is 15.0. The Morgan fingerprint density at radius 2 is 0.765 bits per heavy atom. The summed E-state index contributed by atoms with van der Waals surface area (Å²) in [5.41, 5.74) is 8.61. The number of aromatic nitrogens is 4. The molecule has 0 saturated heterocycles. The largest absolute Gasteiger partial charge is 0.309 e. The summed E-state index contributed by atoms with van der Waals surface area (Å²) >= 11 is 0. The molecule has 16 aromatic rings. The smallest absolute Gasteiger partial charge is 0.235 e. The lowest BCUT2D eigenvalue weighted by Crippen LogP contribution is -2.03. The first kappa shape index (κ1) is 36.1. The van der Waals surface area contributed by atoms with Crippen molar-refractivity contribution in [2.75, 3.05) is 0 Å². The van der Waals surface area contributed by atoms with Crippen LogP contribution in [0, 0.1) is 0 Å². The van der Waals surface area contributed by atoms with Crippen LogP contribution in [0.1, 0.15) is 0 Å². The molecule has 0 bridgehead atoms. The third kappa shape index (κ3) is 4.73. The number of hydrogen-bond donors (Lipinski definition) is 0. The molecule has 0 amide bonds. The summed E-state index contributed by atoms with van der Waals surface area (Å²) in [6, 6.07) is 80.2. The number of fused-ring (bicyclic) bond motifs is 15. The van der Waals surface area contributed by atoms with Crippen LogP contribution < -0.4 is 0 Å². The lowest BCUT2D eigenvalue weighted by molar-refractivity contribution is 1.01. The summed E-state index contributed by atoms with van der Waals surface area (Å²) in [6.45, 7) is 0. The molecule has 0 unspecified atom stereocenters. The van der Waals surface area contributed by atoms with E-state index >= 15 is 0 Å². The van der Waals surface area contributed by atoms with Crippen molar-refractivity contribution in [1.82, 2.24) is 19.1 Å². The van der Waals surface area contributed by atoms with E-state index in [0.717, 1.165) is 33.2 Å². The molecule has 0 fully saturated rings. The normalized spacial score (nSPS) is 12.4. The second-order valence-corrected chi connectivity index (χ2v) is 18.4. The van der Waals surface area contributed by atoms with Crippen molar-refractivity contribution in [3.05, 3.63) is 218 Å². The predicted octanol–water partition coefficient (Wildman–Crippen LogP) is 17.0. The van der Waals surface area contributed by atoms with Crippen molar-refractivity contribution in [3.8, 4) is 22.9 Å². The van der Waals surface area contributed by atoms with Gasteiger partial charge < -0.3 is 4.57 Å². The average molecular weight is 861 g/mol. The van der Waals surface area contributed by atoms with Crippen LogP contribution in [0.15, 0.2) is 218 Å². The molecule has 3 aromatic heterocycles. The first-order chi connectivity index (χ1) is 33.7. The van der Waals surface area contributed by atoms with Gasteiger partial charge >= 0.3 is 0 Å². The van der Waals surface area contributed by atoms with Crippen LogP contribution in [-0.4, -0.2) is 19.1 Å². The van der Waals surface area contributed by atoms with Crippen molar-refractivity contribution in [2.45, 2.75) is 0 Å². The third-order valence-corrected chi connectivity index (χ3v) is 15.0. The van der Waals surface area contributed by atoms with Gasteiger partial charge in [0.05, 0.1) is 39.0 Å². The van der Waals surface area contributed by atoms with Gasteiger partial charge in [0.15, 0.2) is 0 Å². The highest BCUT2D eigenvalue weighted by Gasteiger charge is 2.25. The highest BCUT2D eigenvalue weighted by molar-refractivity contribution is 6.41. The Kier molecular flexibility index (Phi) is 7.04. The first-order valence-electron chi connectivity index (χ1n) is 23.4. The summed E-state index contributed by atoms with van der Waals surface area (Å²) in [7, 11) is 0. The lowest BCUT2D eigenvalue weighted by Gasteiger charge is -2.18. The Hall–Kier alpha value is -9.12. The van der Waals surface area contributed by atoms with Crippen LogP contribution in [0.3, 0.4) is 0 Å². The van der Waals surface area contributed by atoms with Crippen molar-refractivity contribution in [1.29, 1.82) is 0 Å². The Morgan fingerprint density at radius 3 is 1.49 bits per heavy atom. The van der Waals surface area contributed by atoms with Crippen LogP contribution in [0.2, 0.25) is 0 Å². The van der Waals surface area contributed by atoms with Gasteiger partial charge in [-0.15, -0.1) is 0 Å². The number of para-hydroxylation sites is 3. The second kappa shape index (κ2) is 13.3. The quantitative estimate of drug-likeness (QED) is 0.131. The van der Waals surface area contributed by atoms with E-state index in [1.54, 1.807) is 0 Å². The molecule has 0 spiro atoms. The molecule has 68 heavy (non-hydrogen) atoms. The summed E-state index contributed by atoms with van der Waals surface area (Å²) in [6.07, 6.45) is 0. The monoisotopic (exact) mass is 860 g/mol. The van der Waals surface area contributed by atoms with Crippen molar-refractivity contribution < 1.29 is 0 Å². The zero-order valence-corrected chi connectivity index (χ0v) is 36.6. The molecule has 0 atom stereocenters. The van der Waals surface area contributed by atoms with Crippen molar-refractivity contribution >= 4 is 130 Å². The number of benzene rings is 13. The van der Waals surface area contributed by atoms with Gasteiger partial charge in [-0.25, -0.2) is 9.97 Å². The van der Waals surface area contributed by atoms with E-state index in [1.165, 1.54) is 114 Å². The molecule has 0 saturated carbocycles. The Morgan fingerprint density at radius 1 is 0.265 bits per heavy atom. The predicted molar refractivity (Wildman–Crippen MR) is 287 cm³/mol. The number of hydrogen-bond acceptors (Lipinski definition) is 2. The number of rotatable bonds is 3. The minimum Gasteiger partial charge on any atom is -0.309 e.